The Morgan fingerprint density at radius 2 is 1.88 bits per heavy atom. The Morgan fingerprint density at radius 1 is 1.18 bits per heavy atom. The average Bonchev–Trinajstić information content (AvgIpc) is 2.32. The van der Waals surface area contributed by atoms with Gasteiger partial charge in [0.05, 0.1) is 0 Å². The maximum atomic E-state index is 11.4. The van der Waals surface area contributed by atoms with Gasteiger partial charge in [-0.2, -0.15) is 4.73 Å². The number of halogens is 1. The number of benzene rings is 1. The van der Waals surface area contributed by atoms with Crippen LogP contribution in [0.25, 0.3) is 0 Å². The van der Waals surface area contributed by atoms with Gasteiger partial charge >= 0.3 is 0 Å². The summed E-state index contributed by atoms with van der Waals surface area (Å²) < 4.78 is 0.658. The molecule has 4 heteroatoms. The summed E-state index contributed by atoms with van der Waals surface area (Å²) in [4.78, 5) is 1.96. The van der Waals surface area contributed by atoms with Crippen LogP contribution >= 0.6 is 11.6 Å². The summed E-state index contributed by atoms with van der Waals surface area (Å²) in [6.45, 7) is 2.03. The number of aryl methyl sites for hydroxylation is 1. The predicted octanol–water partition coefficient (Wildman–Crippen LogP) is 3.05. The molecule has 3 nitrogen and oxygen atoms in total. The number of rotatable bonds is 2. The largest absolute Gasteiger partial charge is 0.618 e. The second-order valence-electron chi connectivity index (χ2n) is 3.88. The van der Waals surface area contributed by atoms with Crippen molar-refractivity contribution >= 4 is 23.0 Å². The van der Waals surface area contributed by atoms with Gasteiger partial charge < -0.3 is 10.1 Å². The van der Waals surface area contributed by atoms with E-state index in [4.69, 9.17) is 11.6 Å². The van der Waals surface area contributed by atoms with E-state index in [-0.39, 0.29) is 5.15 Å². The summed E-state index contributed by atoms with van der Waals surface area (Å²) in [5.74, 6) is 0. The summed E-state index contributed by atoms with van der Waals surface area (Å²) in [7, 11) is 1.92. The number of aromatic nitrogens is 1. The molecule has 0 amide bonds. The molecule has 0 atom stereocenters. The Kier molecular flexibility index (Phi) is 3.20. The van der Waals surface area contributed by atoms with Gasteiger partial charge in [-0.1, -0.05) is 18.2 Å². The fraction of sp³-hybridized carbons (Fsp3) is 0.154. The van der Waals surface area contributed by atoms with Gasteiger partial charge in [0.25, 0.3) is 5.15 Å². The maximum Gasteiger partial charge on any atom is 0.286 e. The van der Waals surface area contributed by atoms with Crippen LogP contribution in [0.1, 0.15) is 5.56 Å². The minimum atomic E-state index is 0.173. The summed E-state index contributed by atoms with van der Waals surface area (Å²) in [6.07, 6.45) is 1.47. The van der Waals surface area contributed by atoms with E-state index in [0.717, 1.165) is 16.9 Å². The molecule has 1 aromatic heterocycles. The molecule has 1 aromatic carbocycles. The van der Waals surface area contributed by atoms with Crippen LogP contribution in [0, 0.1) is 12.1 Å². The van der Waals surface area contributed by atoms with Crippen LogP contribution in [0.15, 0.2) is 42.6 Å². The molecule has 0 saturated carbocycles. The van der Waals surface area contributed by atoms with Gasteiger partial charge in [-0.25, -0.2) is 0 Å². The quantitative estimate of drug-likeness (QED) is 0.465. The van der Waals surface area contributed by atoms with Crippen LogP contribution in [0.4, 0.5) is 11.4 Å². The lowest BCUT2D eigenvalue weighted by Gasteiger charge is -2.20. The molecule has 0 aliphatic carbocycles. The number of pyridine rings is 1. The molecular formula is C13H13ClN2O. The van der Waals surface area contributed by atoms with Gasteiger partial charge in [0.15, 0.2) is 0 Å². The first-order valence-corrected chi connectivity index (χ1v) is 5.65. The fourth-order valence-corrected chi connectivity index (χ4v) is 1.84. The predicted molar refractivity (Wildman–Crippen MR) is 69.7 cm³/mol. The Balaban J connectivity index is 2.40. The van der Waals surface area contributed by atoms with Gasteiger partial charge in [0.1, 0.15) is 5.69 Å². The topological polar surface area (TPSA) is 30.2 Å². The molecule has 0 saturated heterocycles. The van der Waals surface area contributed by atoms with Crippen molar-refractivity contribution in [3.63, 3.8) is 0 Å². The molecule has 0 N–H and O–H groups in total. The fourth-order valence-electron chi connectivity index (χ4n) is 1.73. The molecule has 0 radical (unpaired) electrons. The first-order chi connectivity index (χ1) is 8.09. The number of nitrogens with zero attached hydrogens (tertiary/aromatic N) is 2. The van der Waals surface area contributed by atoms with Crippen molar-refractivity contribution in [1.82, 2.24) is 0 Å². The average molecular weight is 249 g/mol. The van der Waals surface area contributed by atoms with Crippen molar-refractivity contribution in [3.05, 3.63) is 58.5 Å². The van der Waals surface area contributed by atoms with Crippen molar-refractivity contribution in [2.75, 3.05) is 11.9 Å². The molecule has 1 heterocycles. The molecule has 0 spiro atoms. The lowest BCUT2D eigenvalue weighted by molar-refractivity contribution is -0.602. The molecule has 0 bridgehead atoms. The Hall–Kier alpha value is -1.74. The van der Waals surface area contributed by atoms with Gasteiger partial charge in [-0.3, -0.25) is 0 Å². The van der Waals surface area contributed by atoms with Gasteiger partial charge in [-0.05, 0) is 36.2 Å². The first-order valence-electron chi connectivity index (χ1n) is 5.27. The van der Waals surface area contributed by atoms with Crippen LogP contribution in [-0.4, -0.2) is 7.05 Å². The zero-order chi connectivity index (χ0) is 12.4. The SMILES string of the molecule is Cc1ccccc1N(C)c1ccc(Cl)[n+]([O-])c1. The van der Waals surface area contributed by atoms with E-state index in [1.807, 2.05) is 49.2 Å². The van der Waals surface area contributed by atoms with E-state index in [1.165, 1.54) is 6.20 Å². The molecule has 17 heavy (non-hydrogen) atoms. The van der Waals surface area contributed by atoms with Crippen molar-refractivity contribution in [2.24, 2.45) is 0 Å². The zero-order valence-corrected chi connectivity index (χ0v) is 10.5. The van der Waals surface area contributed by atoms with Crippen LogP contribution < -0.4 is 9.63 Å². The Labute approximate surface area is 105 Å². The summed E-state index contributed by atoms with van der Waals surface area (Å²) in [5.41, 5.74) is 3.02. The highest BCUT2D eigenvalue weighted by Gasteiger charge is 2.10. The van der Waals surface area contributed by atoms with E-state index in [2.05, 4.69) is 0 Å². The number of hydrogen-bond acceptors (Lipinski definition) is 2. The number of hydrogen-bond donors (Lipinski definition) is 0. The van der Waals surface area contributed by atoms with E-state index in [9.17, 15) is 5.21 Å². The highest BCUT2D eigenvalue weighted by atomic mass is 35.5. The third-order valence-electron chi connectivity index (χ3n) is 2.72. The van der Waals surface area contributed by atoms with Crippen LogP contribution in [0.5, 0.6) is 0 Å². The third-order valence-corrected chi connectivity index (χ3v) is 3.01. The van der Waals surface area contributed by atoms with E-state index >= 15 is 0 Å². The lowest BCUT2D eigenvalue weighted by Crippen LogP contribution is -2.28. The third kappa shape index (κ3) is 2.34. The van der Waals surface area contributed by atoms with Gasteiger partial charge in [0, 0.05) is 18.8 Å². The molecule has 0 aliphatic heterocycles. The number of anilines is 2. The lowest BCUT2D eigenvalue weighted by atomic mass is 10.2. The summed E-state index contributed by atoms with van der Waals surface area (Å²) >= 11 is 5.69. The minimum Gasteiger partial charge on any atom is -0.618 e. The molecular weight excluding hydrogens is 236 g/mol. The van der Waals surface area contributed by atoms with E-state index in [0.29, 0.717) is 4.73 Å². The highest BCUT2D eigenvalue weighted by molar-refractivity contribution is 6.28. The zero-order valence-electron chi connectivity index (χ0n) is 9.72. The molecule has 2 rings (SSSR count). The monoisotopic (exact) mass is 248 g/mol. The van der Waals surface area contributed by atoms with Crippen molar-refractivity contribution in [2.45, 2.75) is 6.92 Å². The van der Waals surface area contributed by atoms with E-state index in [1.54, 1.807) is 6.07 Å². The highest BCUT2D eigenvalue weighted by Crippen LogP contribution is 2.25. The van der Waals surface area contributed by atoms with Crippen molar-refractivity contribution in [1.29, 1.82) is 0 Å². The number of para-hydroxylation sites is 1. The first kappa shape index (κ1) is 11.7. The van der Waals surface area contributed by atoms with Gasteiger partial charge in [-0.15, -0.1) is 0 Å². The van der Waals surface area contributed by atoms with Crippen LogP contribution in [0.2, 0.25) is 5.15 Å². The van der Waals surface area contributed by atoms with Crippen LogP contribution in [0.3, 0.4) is 0 Å². The molecule has 0 aliphatic rings. The minimum absolute atomic E-state index is 0.173. The second-order valence-corrected chi connectivity index (χ2v) is 4.27. The maximum absolute atomic E-state index is 11.4. The molecule has 0 unspecified atom stereocenters. The molecule has 2 aromatic rings. The molecule has 0 fully saturated rings. The van der Waals surface area contributed by atoms with Crippen molar-refractivity contribution in [3.8, 4) is 0 Å². The normalized spacial score (nSPS) is 10.3. The standard InChI is InChI=1S/C13H13ClN2O/c1-10-5-3-4-6-12(10)15(2)11-7-8-13(14)16(17)9-11/h3-9H,1-2H3. The summed E-state index contributed by atoms with van der Waals surface area (Å²) in [6, 6.07) is 11.4. The van der Waals surface area contributed by atoms with Crippen LogP contribution in [-0.2, 0) is 0 Å². The van der Waals surface area contributed by atoms with E-state index < -0.39 is 0 Å². The smallest absolute Gasteiger partial charge is 0.286 e. The Morgan fingerprint density at radius 3 is 2.53 bits per heavy atom. The summed E-state index contributed by atoms with van der Waals surface area (Å²) in [5, 5.41) is 11.6. The Bertz CT molecular complexity index is 543. The van der Waals surface area contributed by atoms with Crippen molar-refractivity contribution < 1.29 is 4.73 Å². The molecule has 88 valence electrons. The second kappa shape index (κ2) is 4.63. The van der Waals surface area contributed by atoms with Gasteiger partial charge in [0.2, 0.25) is 6.20 Å².